The summed E-state index contributed by atoms with van der Waals surface area (Å²) in [5.41, 5.74) is -0.424. The summed E-state index contributed by atoms with van der Waals surface area (Å²) in [6.45, 7) is 1.74. The summed E-state index contributed by atoms with van der Waals surface area (Å²) >= 11 is 5.80. The van der Waals surface area contributed by atoms with Crippen LogP contribution in [0.15, 0.2) is 53.3 Å². The molecule has 0 unspecified atom stereocenters. The number of piperidine rings is 1. The van der Waals surface area contributed by atoms with E-state index in [4.69, 9.17) is 21.2 Å². The van der Waals surface area contributed by atoms with Crippen LogP contribution in [0.2, 0.25) is 5.02 Å². The van der Waals surface area contributed by atoms with Gasteiger partial charge in [-0.15, -0.1) is 12.4 Å². The number of rotatable bonds is 8. The molecule has 1 aromatic carbocycles. The lowest BCUT2D eigenvalue weighted by Gasteiger charge is -2.33. The minimum Gasteiger partial charge on any atom is -0.481 e. The molecule has 0 saturated carbocycles. The summed E-state index contributed by atoms with van der Waals surface area (Å²) in [7, 11) is 0. The molecule has 41 heavy (non-hydrogen) atoms. The molecule has 1 aliphatic heterocycles. The Morgan fingerprint density at radius 1 is 1.17 bits per heavy atom. The Labute approximate surface area is 243 Å². The molecule has 2 atom stereocenters. The summed E-state index contributed by atoms with van der Waals surface area (Å²) in [5.74, 6) is -1.16. The number of aliphatic hydroxyl groups is 1. The van der Waals surface area contributed by atoms with Crippen molar-refractivity contribution >= 4 is 30.0 Å². The number of aromatic nitrogens is 5. The minimum absolute atomic E-state index is 0. The van der Waals surface area contributed by atoms with Gasteiger partial charge in [-0.25, -0.2) is 9.67 Å². The highest BCUT2D eigenvalue weighted by molar-refractivity contribution is 6.30. The Morgan fingerprint density at radius 2 is 1.93 bits per heavy atom. The SMILES string of the molecule is Cl.O=C(O)C[C@H]1CCCN(C[C@@H](O)c2ccc(-c3noc(-c4cnn(-c5ccc(Cl)cn5)c4C(F)(F)F)n3)cc2)C1. The molecule has 1 aliphatic rings. The molecular formula is C26H25Cl2F3N6O4. The molecule has 2 N–H and O–H groups in total. The van der Waals surface area contributed by atoms with Crippen LogP contribution in [0, 0.1) is 5.92 Å². The van der Waals surface area contributed by atoms with Crippen molar-refractivity contribution in [3.8, 4) is 28.7 Å². The number of benzene rings is 1. The number of β-amino-alcohol motifs (C(OH)–C–C–N with tert-alkyl or cyclic N) is 1. The predicted octanol–water partition coefficient (Wildman–Crippen LogP) is 5.30. The normalized spacial score (nSPS) is 16.8. The summed E-state index contributed by atoms with van der Waals surface area (Å²) in [6.07, 6.45) is -1.58. The van der Waals surface area contributed by atoms with Gasteiger partial charge in [-0.1, -0.05) is 41.0 Å². The molecule has 1 saturated heterocycles. The maximum absolute atomic E-state index is 14.0. The molecule has 0 spiro atoms. The molecule has 10 nitrogen and oxygen atoms in total. The highest BCUT2D eigenvalue weighted by Gasteiger charge is 2.41. The number of likely N-dealkylation sites (tertiary alicyclic amines) is 1. The zero-order chi connectivity index (χ0) is 28.4. The Morgan fingerprint density at radius 3 is 2.59 bits per heavy atom. The summed E-state index contributed by atoms with van der Waals surface area (Å²) < 4.78 is 47.9. The standard InChI is InChI=1S/C26H24ClF3N6O4.ClH/c27-18-7-8-21(31-11-18)36-23(26(28,29)30)19(12-32-36)25-33-24(34-40-25)17-5-3-16(4-6-17)20(37)14-35-9-1-2-15(13-35)10-22(38)39;/h3-8,11-12,15,20,37H,1-2,9-10,13-14H2,(H,38,39);1H/t15-,20-;/m1./s1. The van der Waals surface area contributed by atoms with Crippen LogP contribution in [0.3, 0.4) is 0 Å². The number of nitrogens with zero attached hydrogens (tertiary/aromatic N) is 6. The van der Waals surface area contributed by atoms with Gasteiger partial charge in [0.15, 0.2) is 11.5 Å². The molecule has 0 amide bonds. The van der Waals surface area contributed by atoms with E-state index in [0.717, 1.165) is 25.6 Å². The average molecular weight is 613 g/mol. The van der Waals surface area contributed by atoms with Crippen LogP contribution in [0.5, 0.6) is 0 Å². The second kappa shape index (κ2) is 12.6. The predicted molar refractivity (Wildman–Crippen MR) is 144 cm³/mol. The molecule has 1 fully saturated rings. The average Bonchev–Trinajstić information content (AvgIpc) is 3.57. The topological polar surface area (TPSA) is 130 Å². The fraction of sp³-hybridized carbons (Fsp3) is 0.346. The lowest BCUT2D eigenvalue weighted by Crippen LogP contribution is -2.38. The first-order chi connectivity index (χ1) is 19.1. The smallest absolute Gasteiger partial charge is 0.434 e. The van der Waals surface area contributed by atoms with Crippen LogP contribution >= 0.6 is 24.0 Å². The van der Waals surface area contributed by atoms with Crippen LogP contribution in [0.25, 0.3) is 28.7 Å². The number of pyridine rings is 1. The van der Waals surface area contributed by atoms with Crippen molar-refractivity contribution in [2.24, 2.45) is 5.92 Å². The molecule has 3 aromatic heterocycles. The Balaban J connectivity index is 0.00000387. The first-order valence-electron chi connectivity index (χ1n) is 12.4. The van der Waals surface area contributed by atoms with E-state index in [-0.39, 0.29) is 47.3 Å². The third kappa shape index (κ3) is 7.04. The van der Waals surface area contributed by atoms with Crippen molar-refractivity contribution in [1.29, 1.82) is 0 Å². The maximum atomic E-state index is 14.0. The fourth-order valence-electron chi connectivity index (χ4n) is 4.83. The van der Waals surface area contributed by atoms with Crippen molar-refractivity contribution in [3.05, 3.63) is 65.1 Å². The number of hydrogen-bond acceptors (Lipinski definition) is 8. The zero-order valence-corrected chi connectivity index (χ0v) is 22.9. The number of halogens is 5. The van der Waals surface area contributed by atoms with E-state index in [1.165, 1.54) is 18.3 Å². The largest absolute Gasteiger partial charge is 0.481 e. The third-order valence-corrected chi connectivity index (χ3v) is 6.90. The number of carboxylic acid groups (broad SMARTS) is 1. The molecule has 15 heteroatoms. The van der Waals surface area contributed by atoms with Gasteiger partial charge in [-0.3, -0.25) is 4.79 Å². The van der Waals surface area contributed by atoms with Crippen LogP contribution in [0.1, 0.15) is 36.6 Å². The zero-order valence-electron chi connectivity index (χ0n) is 21.3. The Hall–Kier alpha value is -3.52. The van der Waals surface area contributed by atoms with Gasteiger partial charge < -0.3 is 19.6 Å². The number of carbonyl (C=O) groups is 1. The molecule has 4 heterocycles. The van der Waals surface area contributed by atoms with Crippen molar-refractivity contribution in [1.82, 2.24) is 29.8 Å². The Bertz CT molecular complexity index is 1480. The van der Waals surface area contributed by atoms with E-state index in [2.05, 4.69) is 25.1 Å². The minimum atomic E-state index is -4.80. The second-order valence-electron chi connectivity index (χ2n) is 9.58. The number of aliphatic carboxylic acids is 1. The Kier molecular flexibility index (Phi) is 9.32. The first-order valence-corrected chi connectivity index (χ1v) is 12.8. The van der Waals surface area contributed by atoms with Gasteiger partial charge in [0, 0.05) is 31.3 Å². The van der Waals surface area contributed by atoms with Gasteiger partial charge in [0.2, 0.25) is 5.82 Å². The number of aliphatic hydroxyl groups excluding tert-OH is 1. The van der Waals surface area contributed by atoms with Crippen molar-refractivity contribution in [2.75, 3.05) is 19.6 Å². The quantitative estimate of drug-likeness (QED) is 0.272. The van der Waals surface area contributed by atoms with Crippen LogP contribution in [0.4, 0.5) is 13.2 Å². The van der Waals surface area contributed by atoms with E-state index in [1.54, 1.807) is 24.3 Å². The highest BCUT2D eigenvalue weighted by atomic mass is 35.5. The summed E-state index contributed by atoms with van der Waals surface area (Å²) in [6, 6.07) is 9.35. The van der Waals surface area contributed by atoms with Crippen molar-refractivity contribution in [3.63, 3.8) is 0 Å². The van der Waals surface area contributed by atoms with Crippen molar-refractivity contribution in [2.45, 2.75) is 31.5 Å². The van der Waals surface area contributed by atoms with E-state index in [1.807, 2.05) is 0 Å². The lowest BCUT2D eigenvalue weighted by molar-refractivity contribution is -0.142. The molecule has 5 rings (SSSR count). The van der Waals surface area contributed by atoms with Gasteiger partial charge in [0.05, 0.1) is 22.9 Å². The molecule has 0 bridgehead atoms. The number of hydrogen-bond donors (Lipinski definition) is 2. The molecule has 218 valence electrons. The lowest BCUT2D eigenvalue weighted by atomic mass is 9.94. The summed E-state index contributed by atoms with van der Waals surface area (Å²) in [5, 5.41) is 27.7. The van der Waals surface area contributed by atoms with Crippen LogP contribution < -0.4 is 0 Å². The van der Waals surface area contributed by atoms with E-state index < -0.39 is 29.5 Å². The highest BCUT2D eigenvalue weighted by Crippen LogP contribution is 2.38. The van der Waals surface area contributed by atoms with Crippen molar-refractivity contribution < 1.29 is 32.7 Å². The summed E-state index contributed by atoms with van der Waals surface area (Å²) in [4.78, 5) is 21.2. The monoisotopic (exact) mass is 612 g/mol. The van der Waals surface area contributed by atoms with Crippen LogP contribution in [-0.2, 0) is 11.0 Å². The fourth-order valence-corrected chi connectivity index (χ4v) is 4.94. The first kappa shape index (κ1) is 30.4. The molecule has 0 radical (unpaired) electrons. The third-order valence-electron chi connectivity index (χ3n) is 6.67. The van der Waals surface area contributed by atoms with Crippen LogP contribution in [-0.4, -0.2) is 65.6 Å². The number of carboxylic acids is 1. The van der Waals surface area contributed by atoms with E-state index >= 15 is 0 Å². The molecule has 0 aliphatic carbocycles. The van der Waals surface area contributed by atoms with Gasteiger partial charge >= 0.3 is 12.1 Å². The van der Waals surface area contributed by atoms with Gasteiger partial charge in [0.1, 0.15) is 0 Å². The van der Waals surface area contributed by atoms with Gasteiger partial charge in [-0.2, -0.15) is 23.3 Å². The van der Waals surface area contributed by atoms with Gasteiger partial charge in [-0.05, 0) is 43.0 Å². The molecule has 4 aromatic rings. The number of alkyl halides is 3. The van der Waals surface area contributed by atoms with Gasteiger partial charge in [0.25, 0.3) is 5.89 Å². The maximum Gasteiger partial charge on any atom is 0.434 e. The molecular weight excluding hydrogens is 588 g/mol. The second-order valence-corrected chi connectivity index (χ2v) is 10.0. The van der Waals surface area contributed by atoms with E-state index in [9.17, 15) is 23.1 Å². The van der Waals surface area contributed by atoms with E-state index in [0.29, 0.717) is 28.9 Å².